The normalized spacial score (nSPS) is 11.6. The van der Waals surface area contributed by atoms with Gasteiger partial charge in [0, 0.05) is 12.5 Å². The van der Waals surface area contributed by atoms with Crippen LogP contribution in [-0.4, -0.2) is 18.4 Å². The lowest BCUT2D eigenvalue weighted by molar-refractivity contribution is 0.0999. The van der Waals surface area contributed by atoms with Crippen LogP contribution in [0.5, 0.6) is 0 Å². The van der Waals surface area contributed by atoms with Gasteiger partial charge in [0.15, 0.2) is 5.90 Å². The highest BCUT2D eigenvalue weighted by atomic mass is 16.5. The van der Waals surface area contributed by atoms with Crippen LogP contribution in [0.25, 0.3) is 10.8 Å². The first-order chi connectivity index (χ1) is 8.70. The van der Waals surface area contributed by atoms with E-state index in [9.17, 15) is 4.79 Å². The number of rotatable bonds is 2. The second kappa shape index (κ2) is 5.45. The van der Waals surface area contributed by atoms with E-state index in [4.69, 9.17) is 4.74 Å². The maximum atomic E-state index is 11.9. The minimum absolute atomic E-state index is 0.272. The van der Waals surface area contributed by atoms with Crippen LogP contribution in [0.2, 0.25) is 0 Å². The van der Waals surface area contributed by atoms with Gasteiger partial charge in [0.1, 0.15) is 0 Å². The number of carbonyl (C=O) groups excluding carboxylic acids is 1. The summed E-state index contributed by atoms with van der Waals surface area (Å²) < 4.78 is 5.15. The molecule has 0 aliphatic heterocycles. The Morgan fingerprint density at radius 3 is 2.61 bits per heavy atom. The largest absolute Gasteiger partial charge is 0.481 e. The summed E-state index contributed by atoms with van der Waals surface area (Å²) in [5, 5.41) is 2.15. The average Bonchev–Trinajstić information content (AvgIpc) is 2.38. The molecule has 3 heteroatoms. The SMILES string of the molecule is CCO/C(C)=N/C(=O)c1ccc2ccccc2c1. The summed E-state index contributed by atoms with van der Waals surface area (Å²) in [5.74, 6) is 0.127. The number of aliphatic imine (C=N–C) groups is 1. The van der Waals surface area contributed by atoms with Crippen LogP contribution in [0, 0.1) is 0 Å². The van der Waals surface area contributed by atoms with Gasteiger partial charge in [-0.3, -0.25) is 4.79 Å². The molecule has 0 spiro atoms. The van der Waals surface area contributed by atoms with Gasteiger partial charge in [0.05, 0.1) is 6.61 Å². The van der Waals surface area contributed by atoms with Crippen molar-refractivity contribution in [2.75, 3.05) is 6.61 Å². The van der Waals surface area contributed by atoms with Gasteiger partial charge in [0.25, 0.3) is 5.91 Å². The van der Waals surface area contributed by atoms with Crippen molar-refractivity contribution in [3.63, 3.8) is 0 Å². The third-order valence-corrected chi connectivity index (χ3v) is 2.61. The third kappa shape index (κ3) is 2.74. The van der Waals surface area contributed by atoms with Crippen LogP contribution in [0.15, 0.2) is 47.5 Å². The van der Waals surface area contributed by atoms with Gasteiger partial charge in [0.2, 0.25) is 0 Å². The lowest BCUT2D eigenvalue weighted by Crippen LogP contribution is -2.04. The minimum Gasteiger partial charge on any atom is -0.481 e. The molecule has 3 nitrogen and oxygen atoms in total. The van der Waals surface area contributed by atoms with Crippen molar-refractivity contribution in [1.29, 1.82) is 0 Å². The Morgan fingerprint density at radius 2 is 1.89 bits per heavy atom. The Bertz CT molecular complexity index is 602. The molecule has 0 N–H and O–H groups in total. The van der Waals surface area contributed by atoms with Gasteiger partial charge in [-0.15, -0.1) is 0 Å². The van der Waals surface area contributed by atoms with Gasteiger partial charge >= 0.3 is 0 Å². The first kappa shape index (κ1) is 12.3. The van der Waals surface area contributed by atoms with Crippen LogP contribution in [0.4, 0.5) is 0 Å². The van der Waals surface area contributed by atoms with E-state index in [0.717, 1.165) is 10.8 Å². The molecule has 2 rings (SSSR count). The van der Waals surface area contributed by atoms with Crippen LogP contribution in [0.3, 0.4) is 0 Å². The summed E-state index contributed by atoms with van der Waals surface area (Å²) in [6, 6.07) is 13.5. The molecule has 1 amide bonds. The maximum absolute atomic E-state index is 11.9. The number of hydrogen-bond donors (Lipinski definition) is 0. The van der Waals surface area contributed by atoms with Gasteiger partial charge < -0.3 is 4.74 Å². The first-order valence-corrected chi connectivity index (χ1v) is 5.92. The molecule has 0 heterocycles. The minimum atomic E-state index is -0.272. The number of fused-ring (bicyclic) bond motifs is 1. The van der Waals surface area contributed by atoms with E-state index in [0.29, 0.717) is 18.1 Å². The van der Waals surface area contributed by atoms with E-state index in [1.807, 2.05) is 43.3 Å². The van der Waals surface area contributed by atoms with E-state index in [-0.39, 0.29) is 5.91 Å². The molecule has 18 heavy (non-hydrogen) atoms. The number of nitrogens with zero attached hydrogens (tertiary/aromatic N) is 1. The second-order valence-electron chi connectivity index (χ2n) is 3.93. The molecule has 0 unspecified atom stereocenters. The van der Waals surface area contributed by atoms with Gasteiger partial charge in [-0.1, -0.05) is 30.3 Å². The molecule has 0 fully saturated rings. The fourth-order valence-corrected chi connectivity index (χ4v) is 1.77. The Kier molecular flexibility index (Phi) is 3.72. The smallest absolute Gasteiger partial charge is 0.279 e. The zero-order valence-corrected chi connectivity index (χ0v) is 10.5. The fraction of sp³-hybridized carbons (Fsp3) is 0.200. The number of hydrogen-bond acceptors (Lipinski definition) is 2. The lowest BCUT2D eigenvalue weighted by Gasteiger charge is -2.02. The zero-order chi connectivity index (χ0) is 13.0. The van der Waals surface area contributed by atoms with Crippen molar-refractivity contribution in [2.45, 2.75) is 13.8 Å². The Morgan fingerprint density at radius 1 is 1.17 bits per heavy atom. The summed E-state index contributed by atoms with van der Waals surface area (Å²) in [6.07, 6.45) is 0. The standard InChI is InChI=1S/C15H15NO2/c1-3-18-11(2)16-15(17)14-9-8-12-6-4-5-7-13(12)10-14/h4-10H,3H2,1-2H3/b16-11+. The van der Waals surface area contributed by atoms with Gasteiger partial charge in [-0.05, 0) is 29.8 Å². The molecule has 0 atom stereocenters. The van der Waals surface area contributed by atoms with Crippen molar-refractivity contribution >= 4 is 22.6 Å². The predicted molar refractivity (Wildman–Crippen MR) is 73.0 cm³/mol. The Balaban J connectivity index is 2.31. The zero-order valence-electron chi connectivity index (χ0n) is 10.5. The summed E-state index contributed by atoms with van der Waals surface area (Å²) in [7, 11) is 0. The van der Waals surface area contributed by atoms with E-state index in [1.165, 1.54) is 0 Å². The molecule has 0 aliphatic rings. The van der Waals surface area contributed by atoms with E-state index >= 15 is 0 Å². The number of amides is 1. The molecular weight excluding hydrogens is 226 g/mol. The number of carbonyl (C=O) groups is 1. The van der Waals surface area contributed by atoms with Crippen LogP contribution in [0.1, 0.15) is 24.2 Å². The fourth-order valence-electron chi connectivity index (χ4n) is 1.77. The number of ether oxygens (including phenoxy) is 1. The Labute approximate surface area is 106 Å². The summed E-state index contributed by atoms with van der Waals surface area (Å²) >= 11 is 0. The summed E-state index contributed by atoms with van der Waals surface area (Å²) in [5.41, 5.74) is 0.577. The van der Waals surface area contributed by atoms with Crippen LogP contribution < -0.4 is 0 Å². The molecule has 2 aromatic carbocycles. The molecular formula is C15H15NO2. The Hall–Kier alpha value is -2.16. The average molecular weight is 241 g/mol. The molecule has 0 saturated heterocycles. The third-order valence-electron chi connectivity index (χ3n) is 2.61. The van der Waals surface area contributed by atoms with Crippen molar-refractivity contribution in [3.8, 4) is 0 Å². The molecule has 0 aromatic heterocycles. The monoisotopic (exact) mass is 241 g/mol. The van der Waals surface area contributed by atoms with E-state index in [1.54, 1.807) is 13.0 Å². The number of benzene rings is 2. The summed E-state index contributed by atoms with van der Waals surface area (Å²) in [4.78, 5) is 15.8. The maximum Gasteiger partial charge on any atom is 0.279 e. The highest BCUT2D eigenvalue weighted by Gasteiger charge is 2.05. The van der Waals surface area contributed by atoms with Crippen LogP contribution >= 0.6 is 0 Å². The molecule has 0 saturated carbocycles. The predicted octanol–water partition coefficient (Wildman–Crippen LogP) is 3.43. The molecule has 92 valence electrons. The molecule has 0 bridgehead atoms. The quantitative estimate of drug-likeness (QED) is 0.596. The summed E-state index contributed by atoms with van der Waals surface area (Å²) in [6.45, 7) is 4.06. The first-order valence-electron chi connectivity index (χ1n) is 5.92. The van der Waals surface area contributed by atoms with Crippen molar-refractivity contribution in [1.82, 2.24) is 0 Å². The topological polar surface area (TPSA) is 38.7 Å². The van der Waals surface area contributed by atoms with Gasteiger partial charge in [-0.2, -0.15) is 4.99 Å². The van der Waals surface area contributed by atoms with Crippen molar-refractivity contribution in [2.24, 2.45) is 4.99 Å². The van der Waals surface area contributed by atoms with Crippen molar-refractivity contribution in [3.05, 3.63) is 48.0 Å². The second-order valence-corrected chi connectivity index (χ2v) is 3.93. The van der Waals surface area contributed by atoms with E-state index in [2.05, 4.69) is 4.99 Å². The van der Waals surface area contributed by atoms with Crippen LogP contribution in [-0.2, 0) is 4.74 Å². The molecule has 0 aliphatic carbocycles. The lowest BCUT2D eigenvalue weighted by atomic mass is 10.1. The molecule has 2 aromatic rings. The highest BCUT2D eigenvalue weighted by molar-refractivity contribution is 6.03. The highest BCUT2D eigenvalue weighted by Crippen LogP contribution is 2.16. The molecule has 0 radical (unpaired) electrons. The van der Waals surface area contributed by atoms with Gasteiger partial charge in [-0.25, -0.2) is 0 Å². The van der Waals surface area contributed by atoms with Crippen molar-refractivity contribution < 1.29 is 9.53 Å². The van der Waals surface area contributed by atoms with E-state index < -0.39 is 0 Å².